The fourth-order valence-electron chi connectivity index (χ4n) is 4.25. The number of carbonyl (C=O) groups is 1. The van der Waals surface area contributed by atoms with E-state index >= 15 is 0 Å². The van der Waals surface area contributed by atoms with Gasteiger partial charge in [0.05, 0.1) is 11.1 Å². The van der Waals surface area contributed by atoms with Crippen LogP contribution in [0.25, 0.3) is 10.9 Å². The normalized spacial score (nSPS) is 12.8. The molecular weight excluding hydrogens is 382 g/mol. The van der Waals surface area contributed by atoms with Crippen LogP contribution >= 0.6 is 11.6 Å². The van der Waals surface area contributed by atoms with Crippen molar-refractivity contribution in [2.45, 2.75) is 40.0 Å². The molecule has 4 nitrogen and oxygen atoms in total. The molecule has 0 saturated heterocycles. The molecule has 1 N–H and O–H groups in total. The zero-order valence-corrected chi connectivity index (χ0v) is 17.9. The molecule has 2 aromatic carbocycles. The average Bonchev–Trinajstić information content (AvgIpc) is 3.17. The zero-order chi connectivity index (χ0) is 20.5. The van der Waals surface area contributed by atoms with Crippen LogP contribution in [0.4, 0.5) is 11.4 Å². The lowest BCUT2D eigenvalue weighted by Gasteiger charge is -2.22. The van der Waals surface area contributed by atoms with Crippen molar-refractivity contribution >= 4 is 39.8 Å². The smallest absolute Gasteiger partial charge is 0.256 e. The van der Waals surface area contributed by atoms with Crippen molar-refractivity contribution in [1.29, 1.82) is 0 Å². The maximum Gasteiger partial charge on any atom is 0.256 e. The van der Waals surface area contributed by atoms with Gasteiger partial charge in [0, 0.05) is 40.6 Å². The molecule has 29 heavy (non-hydrogen) atoms. The highest BCUT2D eigenvalue weighted by molar-refractivity contribution is 6.31. The minimum Gasteiger partial charge on any atom is -0.372 e. The van der Waals surface area contributed by atoms with E-state index < -0.39 is 0 Å². The van der Waals surface area contributed by atoms with Gasteiger partial charge in [-0.3, -0.25) is 9.78 Å². The number of hydrogen-bond acceptors (Lipinski definition) is 3. The monoisotopic (exact) mass is 407 g/mol. The van der Waals surface area contributed by atoms with Crippen LogP contribution in [0.5, 0.6) is 0 Å². The second-order valence-electron chi connectivity index (χ2n) is 7.55. The summed E-state index contributed by atoms with van der Waals surface area (Å²) in [6.07, 6.45) is 2.84. The highest BCUT2D eigenvalue weighted by atomic mass is 35.5. The van der Waals surface area contributed by atoms with Gasteiger partial charge in [-0.05, 0) is 87.6 Å². The Morgan fingerprint density at radius 2 is 1.93 bits per heavy atom. The first-order chi connectivity index (χ1) is 14.0. The Morgan fingerprint density at radius 3 is 2.66 bits per heavy atom. The summed E-state index contributed by atoms with van der Waals surface area (Å²) in [7, 11) is 0. The number of amides is 1. The van der Waals surface area contributed by atoms with Crippen molar-refractivity contribution in [3.8, 4) is 0 Å². The van der Waals surface area contributed by atoms with Crippen molar-refractivity contribution in [1.82, 2.24) is 4.98 Å². The van der Waals surface area contributed by atoms with Gasteiger partial charge in [-0.15, -0.1) is 0 Å². The number of fused-ring (bicyclic) bond motifs is 2. The Hall–Kier alpha value is -2.59. The molecule has 1 aliphatic carbocycles. The van der Waals surface area contributed by atoms with Gasteiger partial charge in [-0.25, -0.2) is 0 Å². The predicted octanol–water partition coefficient (Wildman–Crippen LogP) is 5.78. The number of rotatable bonds is 5. The molecule has 150 valence electrons. The van der Waals surface area contributed by atoms with Crippen LogP contribution < -0.4 is 10.2 Å². The minimum absolute atomic E-state index is 0.0866. The number of aromatic nitrogens is 1. The van der Waals surface area contributed by atoms with E-state index in [1.807, 2.05) is 31.2 Å². The van der Waals surface area contributed by atoms with Gasteiger partial charge in [-0.2, -0.15) is 0 Å². The number of aryl methyl sites for hydroxylation is 2. The van der Waals surface area contributed by atoms with Gasteiger partial charge in [0.15, 0.2) is 0 Å². The summed E-state index contributed by atoms with van der Waals surface area (Å²) in [6, 6.07) is 11.8. The SMILES string of the molecule is CCN(CC)c1ccc(NC(=O)c2c3c(nc4ccc(Cl)cc24)CCC3)c(C)c1. The van der Waals surface area contributed by atoms with Gasteiger partial charge < -0.3 is 10.2 Å². The van der Waals surface area contributed by atoms with Gasteiger partial charge >= 0.3 is 0 Å². The molecule has 0 saturated carbocycles. The number of nitrogens with one attached hydrogen (secondary N) is 1. The van der Waals surface area contributed by atoms with Gasteiger partial charge in [0.2, 0.25) is 0 Å². The number of halogens is 1. The van der Waals surface area contributed by atoms with E-state index in [1.165, 1.54) is 5.69 Å². The second kappa shape index (κ2) is 8.03. The molecule has 1 aliphatic rings. The van der Waals surface area contributed by atoms with Gasteiger partial charge in [-0.1, -0.05) is 11.6 Å². The molecule has 0 unspecified atom stereocenters. The fourth-order valence-corrected chi connectivity index (χ4v) is 4.42. The number of benzene rings is 2. The predicted molar refractivity (Wildman–Crippen MR) is 121 cm³/mol. The van der Waals surface area contributed by atoms with Crippen molar-refractivity contribution < 1.29 is 4.79 Å². The number of hydrogen-bond donors (Lipinski definition) is 1. The van der Waals surface area contributed by atoms with Crippen LogP contribution in [-0.2, 0) is 12.8 Å². The van der Waals surface area contributed by atoms with Crippen LogP contribution in [0.3, 0.4) is 0 Å². The van der Waals surface area contributed by atoms with Crippen LogP contribution in [0.15, 0.2) is 36.4 Å². The molecule has 0 atom stereocenters. The minimum atomic E-state index is -0.0866. The maximum absolute atomic E-state index is 13.4. The summed E-state index contributed by atoms with van der Waals surface area (Å²) in [6.45, 7) is 8.24. The number of nitrogens with zero attached hydrogens (tertiary/aromatic N) is 2. The van der Waals surface area contributed by atoms with E-state index in [-0.39, 0.29) is 5.91 Å². The average molecular weight is 408 g/mol. The first-order valence-electron chi connectivity index (χ1n) is 10.3. The van der Waals surface area contributed by atoms with Crippen molar-refractivity contribution in [2.24, 2.45) is 0 Å². The lowest BCUT2D eigenvalue weighted by molar-refractivity contribution is 0.102. The molecule has 4 rings (SSSR count). The molecule has 3 aromatic rings. The zero-order valence-electron chi connectivity index (χ0n) is 17.2. The lowest BCUT2D eigenvalue weighted by atomic mass is 10.00. The molecular formula is C24H26ClN3O. The molecule has 5 heteroatoms. The fraction of sp³-hybridized carbons (Fsp3) is 0.333. The molecule has 0 radical (unpaired) electrons. The largest absolute Gasteiger partial charge is 0.372 e. The number of pyridine rings is 1. The Morgan fingerprint density at radius 1 is 1.14 bits per heavy atom. The first kappa shape index (κ1) is 19.7. The topological polar surface area (TPSA) is 45.2 Å². The van der Waals surface area contributed by atoms with Gasteiger partial charge in [0.1, 0.15) is 0 Å². The Bertz CT molecular complexity index is 1090. The summed E-state index contributed by atoms with van der Waals surface area (Å²) in [4.78, 5) is 20.5. The highest BCUT2D eigenvalue weighted by Crippen LogP contribution is 2.32. The first-order valence-corrected chi connectivity index (χ1v) is 10.7. The maximum atomic E-state index is 13.4. The van der Waals surface area contributed by atoms with E-state index in [2.05, 4.69) is 36.2 Å². The third-order valence-electron chi connectivity index (χ3n) is 5.79. The lowest BCUT2D eigenvalue weighted by Crippen LogP contribution is -2.22. The van der Waals surface area contributed by atoms with Crippen LogP contribution in [0, 0.1) is 6.92 Å². The standard InChI is InChI=1S/C24H26ClN3O/c1-4-28(5-2)17-10-12-20(15(3)13-17)27-24(29)23-18-7-6-8-21(18)26-22-11-9-16(25)14-19(22)23/h9-14H,4-8H2,1-3H3,(H,27,29). The van der Waals surface area contributed by atoms with Crippen LogP contribution in [-0.4, -0.2) is 24.0 Å². The van der Waals surface area contributed by atoms with E-state index in [9.17, 15) is 4.79 Å². The van der Waals surface area contributed by atoms with Gasteiger partial charge in [0.25, 0.3) is 5.91 Å². The quantitative estimate of drug-likeness (QED) is 0.582. The molecule has 0 bridgehead atoms. The van der Waals surface area contributed by atoms with E-state index in [0.717, 1.165) is 71.3 Å². The van der Waals surface area contributed by atoms with E-state index in [4.69, 9.17) is 16.6 Å². The third kappa shape index (κ3) is 3.69. The Labute approximate surface area is 176 Å². The molecule has 1 aromatic heterocycles. The molecule has 1 heterocycles. The number of carbonyl (C=O) groups excluding carboxylic acids is 1. The van der Waals surface area contributed by atoms with Crippen LogP contribution in [0.1, 0.15) is 47.4 Å². The molecule has 0 aliphatic heterocycles. The van der Waals surface area contributed by atoms with Crippen molar-refractivity contribution in [3.05, 3.63) is 63.8 Å². The highest BCUT2D eigenvalue weighted by Gasteiger charge is 2.24. The van der Waals surface area contributed by atoms with E-state index in [0.29, 0.717) is 5.02 Å². The Kier molecular flexibility index (Phi) is 5.46. The molecule has 0 spiro atoms. The van der Waals surface area contributed by atoms with Crippen LogP contribution in [0.2, 0.25) is 5.02 Å². The van der Waals surface area contributed by atoms with Crippen molar-refractivity contribution in [3.63, 3.8) is 0 Å². The Balaban J connectivity index is 1.73. The summed E-state index contributed by atoms with van der Waals surface area (Å²) in [5.41, 5.74) is 6.72. The van der Waals surface area contributed by atoms with E-state index in [1.54, 1.807) is 0 Å². The summed E-state index contributed by atoms with van der Waals surface area (Å²) < 4.78 is 0. The van der Waals surface area contributed by atoms with Crippen molar-refractivity contribution in [2.75, 3.05) is 23.3 Å². The third-order valence-corrected chi connectivity index (χ3v) is 6.02. The summed E-state index contributed by atoms with van der Waals surface area (Å²) in [5.74, 6) is -0.0866. The second-order valence-corrected chi connectivity index (χ2v) is 7.99. The summed E-state index contributed by atoms with van der Waals surface area (Å²) in [5, 5.41) is 4.59. The molecule has 0 fully saturated rings. The number of anilines is 2. The molecule has 1 amide bonds. The summed E-state index contributed by atoms with van der Waals surface area (Å²) >= 11 is 6.24.